The van der Waals surface area contributed by atoms with Gasteiger partial charge in [0.1, 0.15) is 11.9 Å². The molecule has 1 unspecified atom stereocenters. The number of fused-ring (bicyclic) bond motifs is 1. The van der Waals surface area contributed by atoms with Gasteiger partial charge in [0, 0.05) is 13.3 Å². The lowest BCUT2D eigenvalue weighted by atomic mass is 10.0. The van der Waals surface area contributed by atoms with Crippen molar-refractivity contribution in [1.82, 2.24) is 0 Å². The fourth-order valence-electron chi connectivity index (χ4n) is 1.92. The van der Waals surface area contributed by atoms with E-state index in [-0.39, 0.29) is 12.1 Å². The van der Waals surface area contributed by atoms with E-state index < -0.39 is 0 Å². The quantitative estimate of drug-likeness (QED) is 0.733. The van der Waals surface area contributed by atoms with Crippen molar-refractivity contribution in [2.24, 2.45) is 0 Å². The van der Waals surface area contributed by atoms with Crippen LogP contribution >= 0.6 is 0 Å². The molecular weight excluding hydrogens is 204 g/mol. The third-order valence-electron chi connectivity index (χ3n) is 2.75. The molecule has 0 fully saturated rings. The fraction of sp³-hybridized carbons (Fsp3) is 0.462. The maximum absolute atomic E-state index is 10.6. The van der Waals surface area contributed by atoms with Gasteiger partial charge < -0.3 is 9.47 Å². The highest BCUT2D eigenvalue weighted by atomic mass is 16.5. The van der Waals surface area contributed by atoms with Gasteiger partial charge in [-0.05, 0) is 24.5 Å². The Bertz CT molecular complexity index is 373. The third-order valence-corrected chi connectivity index (χ3v) is 2.75. The van der Waals surface area contributed by atoms with Crippen LogP contribution in [0.15, 0.2) is 24.3 Å². The molecule has 16 heavy (non-hydrogen) atoms. The van der Waals surface area contributed by atoms with Gasteiger partial charge in [-0.1, -0.05) is 18.2 Å². The molecule has 1 atom stereocenters. The molecule has 3 nitrogen and oxygen atoms in total. The second-order valence-corrected chi connectivity index (χ2v) is 4.01. The zero-order valence-corrected chi connectivity index (χ0v) is 9.44. The van der Waals surface area contributed by atoms with E-state index in [0.717, 1.165) is 25.0 Å². The Morgan fingerprint density at radius 2 is 2.31 bits per heavy atom. The van der Waals surface area contributed by atoms with Gasteiger partial charge in [0.05, 0.1) is 6.61 Å². The molecular formula is C13H16O3. The highest BCUT2D eigenvalue weighted by molar-refractivity contribution is 5.65. The second kappa shape index (κ2) is 5.01. The number of ether oxygens (including phenoxy) is 2. The van der Waals surface area contributed by atoms with Crippen molar-refractivity contribution in [3.63, 3.8) is 0 Å². The van der Waals surface area contributed by atoms with E-state index in [1.54, 1.807) is 0 Å². The lowest BCUT2D eigenvalue weighted by Crippen LogP contribution is -2.24. The van der Waals surface area contributed by atoms with Crippen molar-refractivity contribution < 1.29 is 14.3 Å². The number of para-hydroxylation sites is 1. The Kier molecular flexibility index (Phi) is 3.44. The number of benzene rings is 1. The minimum atomic E-state index is -0.226. The Morgan fingerprint density at radius 3 is 3.12 bits per heavy atom. The van der Waals surface area contributed by atoms with E-state index in [2.05, 4.69) is 6.07 Å². The number of carbonyl (C=O) groups excluding carboxylic acids is 1. The monoisotopic (exact) mass is 220 g/mol. The summed E-state index contributed by atoms with van der Waals surface area (Å²) in [5.41, 5.74) is 1.27. The summed E-state index contributed by atoms with van der Waals surface area (Å²) in [6.45, 7) is 1.87. The Labute approximate surface area is 95.4 Å². The van der Waals surface area contributed by atoms with Gasteiger partial charge in [0.25, 0.3) is 0 Å². The van der Waals surface area contributed by atoms with Crippen LogP contribution in [0.5, 0.6) is 5.75 Å². The average Bonchev–Trinajstić information content (AvgIpc) is 2.28. The standard InChI is InChI=1S/C13H16O3/c1-10(14)15-9-8-12-7-6-11-4-2-3-5-13(11)16-12/h2-5,12H,6-9H2,1H3. The molecule has 1 heterocycles. The zero-order valence-electron chi connectivity index (χ0n) is 9.44. The minimum absolute atomic E-state index is 0.175. The molecule has 0 spiro atoms. The molecule has 0 saturated carbocycles. The largest absolute Gasteiger partial charge is 0.490 e. The first-order valence-corrected chi connectivity index (χ1v) is 5.63. The van der Waals surface area contributed by atoms with Gasteiger partial charge in [-0.15, -0.1) is 0 Å². The Hall–Kier alpha value is -1.51. The molecule has 1 aromatic rings. The average molecular weight is 220 g/mol. The highest BCUT2D eigenvalue weighted by Gasteiger charge is 2.19. The van der Waals surface area contributed by atoms with E-state index in [4.69, 9.17) is 9.47 Å². The molecule has 1 aliphatic rings. The molecule has 0 bridgehead atoms. The number of hydrogen-bond acceptors (Lipinski definition) is 3. The SMILES string of the molecule is CC(=O)OCCC1CCc2ccccc2O1. The van der Waals surface area contributed by atoms with Crippen LogP contribution in [0, 0.1) is 0 Å². The lowest BCUT2D eigenvalue weighted by molar-refractivity contribution is -0.141. The van der Waals surface area contributed by atoms with Crippen LogP contribution in [-0.2, 0) is 16.0 Å². The van der Waals surface area contributed by atoms with Crippen molar-refractivity contribution in [2.75, 3.05) is 6.61 Å². The van der Waals surface area contributed by atoms with Crippen LogP contribution in [0.25, 0.3) is 0 Å². The predicted octanol–water partition coefficient (Wildman–Crippen LogP) is 2.33. The van der Waals surface area contributed by atoms with E-state index >= 15 is 0 Å². The second-order valence-electron chi connectivity index (χ2n) is 4.01. The minimum Gasteiger partial charge on any atom is -0.490 e. The van der Waals surface area contributed by atoms with Crippen LogP contribution in [0.1, 0.15) is 25.3 Å². The van der Waals surface area contributed by atoms with Crippen LogP contribution in [0.4, 0.5) is 0 Å². The summed E-state index contributed by atoms with van der Waals surface area (Å²) in [7, 11) is 0. The first-order chi connectivity index (χ1) is 7.75. The number of carbonyl (C=O) groups is 1. The third kappa shape index (κ3) is 2.75. The molecule has 0 amide bonds. The molecule has 0 aromatic heterocycles. The molecule has 0 N–H and O–H groups in total. The molecule has 86 valence electrons. The highest BCUT2D eigenvalue weighted by Crippen LogP contribution is 2.27. The van der Waals surface area contributed by atoms with E-state index in [9.17, 15) is 4.79 Å². The summed E-state index contributed by atoms with van der Waals surface area (Å²) >= 11 is 0. The molecule has 0 radical (unpaired) electrons. The van der Waals surface area contributed by atoms with E-state index in [1.165, 1.54) is 12.5 Å². The Morgan fingerprint density at radius 1 is 1.50 bits per heavy atom. The van der Waals surface area contributed by atoms with Crippen LogP contribution in [0.3, 0.4) is 0 Å². The smallest absolute Gasteiger partial charge is 0.302 e. The number of esters is 1. The van der Waals surface area contributed by atoms with Crippen molar-refractivity contribution in [3.8, 4) is 5.75 Å². The Balaban J connectivity index is 1.86. The van der Waals surface area contributed by atoms with E-state index in [0.29, 0.717) is 6.61 Å². The van der Waals surface area contributed by atoms with Gasteiger partial charge in [0.15, 0.2) is 0 Å². The molecule has 1 aromatic carbocycles. The van der Waals surface area contributed by atoms with E-state index in [1.807, 2.05) is 18.2 Å². The van der Waals surface area contributed by atoms with Crippen LogP contribution < -0.4 is 4.74 Å². The molecule has 0 saturated heterocycles. The first kappa shape index (κ1) is 11.0. The summed E-state index contributed by atoms with van der Waals surface area (Å²) in [6.07, 6.45) is 2.99. The van der Waals surface area contributed by atoms with Gasteiger partial charge in [-0.2, -0.15) is 0 Å². The summed E-state index contributed by atoms with van der Waals surface area (Å²) in [5, 5.41) is 0. The number of hydrogen-bond donors (Lipinski definition) is 0. The van der Waals surface area contributed by atoms with Crippen LogP contribution in [0.2, 0.25) is 0 Å². The maximum atomic E-state index is 10.6. The van der Waals surface area contributed by atoms with Crippen molar-refractivity contribution in [3.05, 3.63) is 29.8 Å². The zero-order chi connectivity index (χ0) is 11.4. The predicted molar refractivity (Wildman–Crippen MR) is 60.4 cm³/mol. The number of aryl methyl sites for hydroxylation is 1. The molecule has 2 rings (SSSR count). The molecule has 3 heteroatoms. The first-order valence-electron chi connectivity index (χ1n) is 5.63. The van der Waals surface area contributed by atoms with Crippen molar-refractivity contribution in [2.45, 2.75) is 32.3 Å². The summed E-state index contributed by atoms with van der Waals surface area (Å²) in [4.78, 5) is 10.6. The van der Waals surface area contributed by atoms with Crippen molar-refractivity contribution in [1.29, 1.82) is 0 Å². The summed E-state index contributed by atoms with van der Waals surface area (Å²) in [5.74, 6) is 0.748. The lowest BCUT2D eigenvalue weighted by Gasteiger charge is -2.25. The molecule has 1 aliphatic heterocycles. The van der Waals surface area contributed by atoms with Gasteiger partial charge in [-0.25, -0.2) is 0 Å². The van der Waals surface area contributed by atoms with Crippen LogP contribution in [-0.4, -0.2) is 18.7 Å². The van der Waals surface area contributed by atoms with Gasteiger partial charge >= 0.3 is 5.97 Å². The van der Waals surface area contributed by atoms with Gasteiger partial charge in [0.2, 0.25) is 0 Å². The topological polar surface area (TPSA) is 35.5 Å². The number of rotatable bonds is 3. The molecule has 0 aliphatic carbocycles. The maximum Gasteiger partial charge on any atom is 0.302 e. The summed E-state index contributed by atoms with van der Waals surface area (Å²) < 4.78 is 10.7. The van der Waals surface area contributed by atoms with Crippen molar-refractivity contribution >= 4 is 5.97 Å². The fourth-order valence-corrected chi connectivity index (χ4v) is 1.92. The summed E-state index contributed by atoms with van der Waals surface area (Å²) in [6, 6.07) is 8.10. The normalized spacial score (nSPS) is 18.4. The van der Waals surface area contributed by atoms with Gasteiger partial charge in [-0.3, -0.25) is 4.79 Å².